The highest BCUT2D eigenvalue weighted by molar-refractivity contribution is 6.03. The predicted octanol–water partition coefficient (Wildman–Crippen LogP) is 2.64. The molecule has 0 radical (unpaired) electrons. The van der Waals surface area contributed by atoms with E-state index in [2.05, 4.69) is 25.9 Å². The smallest absolute Gasteiger partial charge is 0.273 e. The van der Waals surface area contributed by atoms with Gasteiger partial charge in [-0.1, -0.05) is 0 Å². The fraction of sp³-hybridized carbons (Fsp3) is 0.222. The number of H-pyrrole nitrogens is 1. The molecule has 2 heterocycles. The summed E-state index contributed by atoms with van der Waals surface area (Å²) >= 11 is 0. The number of aryl methyl sites for hydroxylation is 2. The zero-order valence-electron chi connectivity index (χ0n) is 15.0. The van der Waals surface area contributed by atoms with Crippen molar-refractivity contribution in [2.45, 2.75) is 20.8 Å². The maximum Gasteiger partial charge on any atom is 0.273 e. The molecule has 134 valence electrons. The van der Waals surface area contributed by atoms with E-state index in [1.807, 2.05) is 20.9 Å². The van der Waals surface area contributed by atoms with Crippen molar-refractivity contribution in [3.05, 3.63) is 47.4 Å². The second-order valence-electron chi connectivity index (χ2n) is 6.05. The van der Waals surface area contributed by atoms with Crippen LogP contribution in [-0.4, -0.2) is 31.8 Å². The Labute approximate surface area is 150 Å². The highest BCUT2D eigenvalue weighted by Gasteiger charge is 2.17. The molecule has 0 unspecified atom stereocenters. The van der Waals surface area contributed by atoms with Crippen molar-refractivity contribution >= 4 is 23.2 Å². The summed E-state index contributed by atoms with van der Waals surface area (Å²) in [6.45, 7) is 5.31. The van der Waals surface area contributed by atoms with E-state index in [-0.39, 0.29) is 11.8 Å². The predicted molar refractivity (Wildman–Crippen MR) is 99.0 cm³/mol. The van der Waals surface area contributed by atoms with Crippen LogP contribution in [-0.2, 0) is 11.8 Å². The van der Waals surface area contributed by atoms with Gasteiger partial charge in [0.2, 0.25) is 5.91 Å². The Morgan fingerprint density at radius 2 is 1.69 bits per heavy atom. The molecule has 8 heteroatoms. The third kappa shape index (κ3) is 3.49. The molecular weight excluding hydrogens is 332 g/mol. The molecule has 0 aliphatic heterocycles. The minimum Gasteiger partial charge on any atom is -0.326 e. The van der Waals surface area contributed by atoms with Gasteiger partial charge < -0.3 is 10.6 Å². The number of anilines is 2. The highest BCUT2D eigenvalue weighted by Crippen LogP contribution is 2.25. The van der Waals surface area contributed by atoms with Crippen LogP contribution in [0.2, 0.25) is 0 Å². The molecule has 2 amide bonds. The minimum atomic E-state index is -0.296. The third-order valence-corrected chi connectivity index (χ3v) is 4.05. The molecule has 0 aliphatic rings. The lowest BCUT2D eigenvalue weighted by atomic mass is 10.1. The van der Waals surface area contributed by atoms with Crippen molar-refractivity contribution < 1.29 is 9.59 Å². The highest BCUT2D eigenvalue weighted by atomic mass is 16.2. The van der Waals surface area contributed by atoms with Gasteiger partial charge in [-0.2, -0.15) is 10.2 Å². The van der Waals surface area contributed by atoms with Crippen LogP contribution in [0, 0.1) is 13.8 Å². The Kier molecular flexibility index (Phi) is 4.57. The minimum absolute atomic E-state index is 0.146. The summed E-state index contributed by atoms with van der Waals surface area (Å²) in [4.78, 5) is 23.5. The van der Waals surface area contributed by atoms with Gasteiger partial charge >= 0.3 is 0 Å². The zero-order chi connectivity index (χ0) is 18.8. The SMILES string of the molecule is CC(=O)Nc1ccc(NC(=O)c2cc(-c3c(C)nn(C)c3C)n[nH]2)cc1. The topological polar surface area (TPSA) is 105 Å². The van der Waals surface area contributed by atoms with E-state index in [9.17, 15) is 9.59 Å². The second-order valence-corrected chi connectivity index (χ2v) is 6.05. The van der Waals surface area contributed by atoms with Crippen LogP contribution in [0.4, 0.5) is 11.4 Å². The van der Waals surface area contributed by atoms with Crippen molar-refractivity contribution in [2.24, 2.45) is 7.05 Å². The van der Waals surface area contributed by atoms with Gasteiger partial charge in [0.1, 0.15) is 5.69 Å². The first-order valence-corrected chi connectivity index (χ1v) is 8.10. The number of carbonyl (C=O) groups excluding carboxylic acids is 2. The molecule has 0 fully saturated rings. The normalized spacial score (nSPS) is 10.6. The fourth-order valence-corrected chi connectivity index (χ4v) is 2.75. The van der Waals surface area contributed by atoms with Gasteiger partial charge in [-0.25, -0.2) is 0 Å². The van der Waals surface area contributed by atoms with E-state index in [0.29, 0.717) is 22.8 Å². The van der Waals surface area contributed by atoms with Crippen LogP contribution in [0.25, 0.3) is 11.3 Å². The quantitative estimate of drug-likeness (QED) is 0.671. The summed E-state index contributed by atoms with van der Waals surface area (Å²) < 4.78 is 1.79. The van der Waals surface area contributed by atoms with Crippen LogP contribution >= 0.6 is 0 Å². The summed E-state index contributed by atoms with van der Waals surface area (Å²) in [5.41, 5.74) is 5.08. The number of hydrogen-bond donors (Lipinski definition) is 3. The molecule has 0 saturated heterocycles. The van der Waals surface area contributed by atoms with Crippen LogP contribution in [0.5, 0.6) is 0 Å². The molecule has 8 nitrogen and oxygen atoms in total. The first-order valence-electron chi connectivity index (χ1n) is 8.10. The van der Waals surface area contributed by atoms with E-state index in [1.165, 1.54) is 6.92 Å². The van der Waals surface area contributed by atoms with Gasteiger partial charge in [0.25, 0.3) is 5.91 Å². The molecule has 1 aromatic carbocycles. The Balaban J connectivity index is 1.75. The van der Waals surface area contributed by atoms with Crippen molar-refractivity contribution in [1.82, 2.24) is 20.0 Å². The molecule has 0 bridgehead atoms. The summed E-state index contributed by atoms with van der Waals surface area (Å²) in [5.74, 6) is -0.442. The van der Waals surface area contributed by atoms with E-state index < -0.39 is 0 Å². The molecule has 0 atom stereocenters. The maximum atomic E-state index is 12.4. The molecule has 26 heavy (non-hydrogen) atoms. The fourth-order valence-electron chi connectivity index (χ4n) is 2.75. The molecule has 0 saturated carbocycles. The number of benzene rings is 1. The Morgan fingerprint density at radius 1 is 1.08 bits per heavy atom. The number of nitrogens with one attached hydrogen (secondary N) is 3. The maximum absolute atomic E-state index is 12.4. The average Bonchev–Trinajstić information content (AvgIpc) is 3.14. The monoisotopic (exact) mass is 352 g/mol. The van der Waals surface area contributed by atoms with Gasteiger partial charge in [-0.05, 0) is 44.2 Å². The van der Waals surface area contributed by atoms with Gasteiger partial charge in [0, 0.05) is 36.6 Å². The zero-order valence-corrected chi connectivity index (χ0v) is 15.0. The van der Waals surface area contributed by atoms with Crippen molar-refractivity contribution in [3.8, 4) is 11.3 Å². The lowest BCUT2D eigenvalue weighted by Gasteiger charge is -2.05. The lowest BCUT2D eigenvalue weighted by Crippen LogP contribution is -2.12. The second kappa shape index (κ2) is 6.83. The third-order valence-electron chi connectivity index (χ3n) is 4.05. The van der Waals surface area contributed by atoms with E-state index in [0.717, 1.165) is 17.0 Å². The number of aromatic nitrogens is 4. The standard InChI is InChI=1S/C18H20N6O2/c1-10-17(11(2)24(4)23-10)15-9-16(22-21-15)18(26)20-14-7-5-13(6-8-14)19-12(3)25/h5-9H,1-4H3,(H,19,25)(H,20,26)(H,21,22). The van der Waals surface area contributed by atoms with E-state index >= 15 is 0 Å². The van der Waals surface area contributed by atoms with E-state index in [4.69, 9.17) is 0 Å². The summed E-state index contributed by atoms with van der Waals surface area (Å²) in [6.07, 6.45) is 0. The van der Waals surface area contributed by atoms with Gasteiger partial charge in [0.05, 0.1) is 11.4 Å². The van der Waals surface area contributed by atoms with Crippen molar-refractivity contribution in [2.75, 3.05) is 10.6 Å². The largest absolute Gasteiger partial charge is 0.326 e. The molecule has 3 rings (SSSR count). The molecule has 0 spiro atoms. The molecule has 3 N–H and O–H groups in total. The molecule has 0 aliphatic carbocycles. The number of rotatable bonds is 4. The van der Waals surface area contributed by atoms with Crippen molar-refractivity contribution in [3.63, 3.8) is 0 Å². The summed E-state index contributed by atoms with van der Waals surface area (Å²) in [6, 6.07) is 8.58. The Bertz CT molecular complexity index is 968. The van der Waals surface area contributed by atoms with Crippen molar-refractivity contribution in [1.29, 1.82) is 0 Å². The van der Waals surface area contributed by atoms with Gasteiger partial charge in [0.15, 0.2) is 0 Å². The number of carbonyl (C=O) groups is 2. The number of hydrogen-bond acceptors (Lipinski definition) is 4. The Morgan fingerprint density at radius 3 is 2.23 bits per heavy atom. The molecule has 2 aromatic heterocycles. The first-order chi connectivity index (χ1) is 12.3. The van der Waals surface area contributed by atoms with Crippen LogP contribution in [0.15, 0.2) is 30.3 Å². The van der Waals surface area contributed by atoms with Gasteiger partial charge in [-0.3, -0.25) is 19.4 Å². The number of nitrogens with zero attached hydrogens (tertiary/aromatic N) is 3. The number of aromatic amines is 1. The number of amides is 2. The van der Waals surface area contributed by atoms with Crippen LogP contribution < -0.4 is 10.6 Å². The molecular formula is C18H20N6O2. The summed E-state index contributed by atoms with van der Waals surface area (Å²) in [5, 5.41) is 16.9. The van der Waals surface area contributed by atoms with E-state index in [1.54, 1.807) is 35.0 Å². The average molecular weight is 352 g/mol. The first kappa shape index (κ1) is 17.4. The summed E-state index contributed by atoms with van der Waals surface area (Å²) in [7, 11) is 1.87. The lowest BCUT2D eigenvalue weighted by molar-refractivity contribution is -0.114. The van der Waals surface area contributed by atoms with Crippen LogP contribution in [0.1, 0.15) is 28.8 Å². The molecule has 3 aromatic rings. The Hall–Kier alpha value is -3.42. The van der Waals surface area contributed by atoms with Gasteiger partial charge in [-0.15, -0.1) is 0 Å². The van der Waals surface area contributed by atoms with Crippen LogP contribution in [0.3, 0.4) is 0 Å².